The topological polar surface area (TPSA) is 91.4 Å². The number of aryl methyl sites for hydroxylation is 1. The Morgan fingerprint density at radius 3 is 2.70 bits per heavy atom. The maximum Gasteiger partial charge on any atom is 0.253 e. The van der Waals surface area contributed by atoms with Crippen LogP contribution in [0.1, 0.15) is 53.3 Å². The molecular weight excluding hydrogens is 380 g/mol. The van der Waals surface area contributed by atoms with Gasteiger partial charge in [-0.05, 0) is 43.9 Å². The SMILES string of the molecule is Cc1ncccc1C(=O)NCC(=O)N1CCCCCNC(=O)C[C@H]1c1ccccc1. The van der Waals surface area contributed by atoms with E-state index in [1.165, 1.54) is 0 Å². The molecule has 0 radical (unpaired) electrons. The smallest absolute Gasteiger partial charge is 0.253 e. The molecule has 2 heterocycles. The van der Waals surface area contributed by atoms with Crippen LogP contribution in [0.4, 0.5) is 0 Å². The summed E-state index contributed by atoms with van der Waals surface area (Å²) in [6.07, 6.45) is 4.48. The zero-order valence-corrected chi connectivity index (χ0v) is 17.3. The van der Waals surface area contributed by atoms with Crippen molar-refractivity contribution in [1.82, 2.24) is 20.5 Å². The van der Waals surface area contributed by atoms with E-state index >= 15 is 0 Å². The summed E-state index contributed by atoms with van der Waals surface area (Å²) in [5.74, 6) is -0.602. The number of nitrogens with zero attached hydrogens (tertiary/aromatic N) is 2. The number of aromatic nitrogens is 1. The van der Waals surface area contributed by atoms with Gasteiger partial charge in [0, 0.05) is 25.0 Å². The molecule has 0 saturated carbocycles. The Hall–Kier alpha value is -3.22. The molecule has 3 amide bonds. The largest absolute Gasteiger partial charge is 0.356 e. The first-order chi connectivity index (χ1) is 14.6. The van der Waals surface area contributed by atoms with E-state index in [0.29, 0.717) is 24.3 Å². The summed E-state index contributed by atoms with van der Waals surface area (Å²) in [5.41, 5.74) is 1.97. The highest BCUT2D eigenvalue weighted by molar-refractivity contribution is 5.97. The highest BCUT2D eigenvalue weighted by Gasteiger charge is 2.28. The number of amides is 3. The van der Waals surface area contributed by atoms with Crippen molar-refractivity contribution in [3.63, 3.8) is 0 Å². The molecule has 1 saturated heterocycles. The molecule has 3 rings (SSSR count). The van der Waals surface area contributed by atoms with E-state index in [9.17, 15) is 14.4 Å². The molecule has 0 aliphatic carbocycles. The van der Waals surface area contributed by atoms with Crippen molar-refractivity contribution in [3.8, 4) is 0 Å². The number of benzene rings is 1. The van der Waals surface area contributed by atoms with Crippen molar-refractivity contribution in [1.29, 1.82) is 0 Å². The van der Waals surface area contributed by atoms with Gasteiger partial charge in [-0.2, -0.15) is 0 Å². The third-order valence-corrected chi connectivity index (χ3v) is 5.31. The van der Waals surface area contributed by atoms with Crippen LogP contribution in [-0.4, -0.2) is 47.2 Å². The van der Waals surface area contributed by atoms with Crippen LogP contribution in [0.2, 0.25) is 0 Å². The molecule has 30 heavy (non-hydrogen) atoms. The first kappa shape index (κ1) is 21.5. The summed E-state index contributed by atoms with van der Waals surface area (Å²) in [6.45, 7) is 2.84. The predicted octanol–water partition coefficient (Wildman–Crippen LogP) is 2.38. The molecule has 0 bridgehead atoms. The third kappa shape index (κ3) is 5.65. The number of hydrogen-bond acceptors (Lipinski definition) is 4. The quantitative estimate of drug-likeness (QED) is 0.813. The molecule has 0 unspecified atom stereocenters. The molecule has 0 spiro atoms. The summed E-state index contributed by atoms with van der Waals surface area (Å²) in [4.78, 5) is 43.9. The fourth-order valence-corrected chi connectivity index (χ4v) is 3.67. The van der Waals surface area contributed by atoms with Gasteiger partial charge in [-0.25, -0.2) is 0 Å². The second-order valence-corrected chi connectivity index (χ2v) is 7.45. The molecule has 1 aromatic heterocycles. The van der Waals surface area contributed by atoms with Crippen LogP contribution in [-0.2, 0) is 9.59 Å². The Labute approximate surface area is 176 Å². The second kappa shape index (κ2) is 10.5. The molecular formula is C23H28N4O3. The predicted molar refractivity (Wildman–Crippen MR) is 114 cm³/mol. The Balaban J connectivity index is 1.76. The molecule has 158 valence electrons. The molecule has 1 aromatic carbocycles. The van der Waals surface area contributed by atoms with Crippen LogP contribution in [0.3, 0.4) is 0 Å². The standard InChI is InChI=1S/C23H28N4O3/c1-17-19(11-8-13-24-17)23(30)26-16-22(29)27-14-7-3-6-12-25-21(28)15-20(27)18-9-4-2-5-10-18/h2,4-5,8-11,13,20H,3,6-7,12,14-16H2,1H3,(H,25,28)(H,26,30)/t20-/m0/s1. The summed E-state index contributed by atoms with van der Waals surface area (Å²) >= 11 is 0. The zero-order valence-electron chi connectivity index (χ0n) is 17.3. The Morgan fingerprint density at radius 1 is 1.13 bits per heavy atom. The van der Waals surface area contributed by atoms with E-state index in [1.807, 2.05) is 30.3 Å². The molecule has 1 aliphatic heterocycles. The Kier molecular flexibility index (Phi) is 7.54. The molecule has 2 aromatic rings. The van der Waals surface area contributed by atoms with Gasteiger partial charge >= 0.3 is 0 Å². The van der Waals surface area contributed by atoms with Gasteiger partial charge in [-0.1, -0.05) is 30.3 Å². The first-order valence-corrected chi connectivity index (χ1v) is 10.4. The van der Waals surface area contributed by atoms with Gasteiger partial charge in [0.25, 0.3) is 5.91 Å². The number of pyridine rings is 1. The van der Waals surface area contributed by atoms with Crippen LogP contribution in [0.25, 0.3) is 0 Å². The minimum Gasteiger partial charge on any atom is -0.356 e. The average molecular weight is 409 g/mol. The zero-order chi connectivity index (χ0) is 21.3. The van der Waals surface area contributed by atoms with Gasteiger partial charge in [0.1, 0.15) is 0 Å². The van der Waals surface area contributed by atoms with Crippen LogP contribution in [0.15, 0.2) is 48.7 Å². The van der Waals surface area contributed by atoms with E-state index in [0.717, 1.165) is 24.8 Å². The van der Waals surface area contributed by atoms with E-state index in [2.05, 4.69) is 15.6 Å². The van der Waals surface area contributed by atoms with E-state index in [1.54, 1.807) is 30.2 Å². The van der Waals surface area contributed by atoms with Gasteiger partial charge in [-0.15, -0.1) is 0 Å². The first-order valence-electron chi connectivity index (χ1n) is 10.4. The van der Waals surface area contributed by atoms with Crippen molar-refractivity contribution in [3.05, 3.63) is 65.5 Å². The lowest BCUT2D eigenvalue weighted by atomic mass is 10.00. The molecule has 7 heteroatoms. The lowest BCUT2D eigenvalue weighted by Crippen LogP contribution is -2.44. The summed E-state index contributed by atoms with van der Waals surface area (Å²) < 4.78 is 0. The minimum atomic E-state index is -0.367. The summed E-state index contributed by atoms with van der Waals surface area (Å²) in [6, 6.07) is 12.6. The van der Waals surface area contributed by atoms with Crippen molar-refractivity contribution >= 4 is 17.7 Å². The third-order valence-electron chi connectivity index (χ3n) is 5.31. The Bertz CT molecular complexity index is 885. The number of carbonyl (C=O) groups is 3. The highest BCUT2D eigenvalue weighted by Crippen LogP contribution is 2.26. The van der Waals surface area contributed by atoms with Gasteiger partial charge in [0.2, 0.25) is 11.8 Å². The molecule has 2 N–H and O–H groups in total. The molecule has 1 fully saturated rings. The second-order valence-electron chi connectivity index (χ2n) is 7.45. The van der Waals surface area contributed by atoms with Crippen LogP contribution in [0.5, 0.6) is 0 Å². The minimum absolute atomic E-state index is 0.0708. The lowest BCUT2D eigenvalue weighted by molar-refractivity contribution is -0.134. The van der Waals surface area contributed by atoms with E-state index < -0.39 is 0 Å². The maximum absolute atomic E-state index is 13.1. The summed E-state index contributed by atoms with van der Waals surface area (Å²) in [5, 5.41) is 5.65. The van der Waals surface area contributed by atoms with E-state index in [4.69, 9.17) is 0 Å². The van der Waals surface area contributed by atoms with Gasteiger partial charge in [0.15, 0.2) is 0 Å². The number of carbonyl (C=O) groups excluding carboxylic acids is 3. The van der Waals surface area contributed by atoms with Crippen molar-refractivity contribution in [2.45, 2.75) is 38.6 Å². The van der Waals surface area contributed by atoms with Crippen LogP contribution < -0.4 is 10.6 Å². The highest BCUT2D eigenvalue weighted by atomic mass is 16.2. The fraction of sp³-hybridized carbons (Fsp3) is 0.391. The van der Waals surface area contributed by atoms with Crippen molar-refractivity contribution in [2.75, 3.05) is 19.6 Å². The summed E-state index contributed by atoms with van der Waals surface area (Å²) in [7, 11) is 0. The number of hydrogen-bond donors (Lipinski definition) is 2. The number of rotatable bonds is 4. The number of nitrogens with one attached hydrogen (secondary N) is 2. The van der Waals surface area contributed by atoms with Crippen molar-refractivity contribution in [2.24, 2.45) is 0 Å². The molecule has 1 atom stereocenters. The van der Waals surface area contributed by atoms with Crippen LogP contribution >= 0.6 is 0 Å². The van der Waals surface area contributed by atoms with E-state index in [-0.39, 0.29) is 36.7 Å². The van der Waals surface area contributed by atoms with Gasteiger partial charge < -0.3 is 15.5 Å². The fourth-order valence-electron chi connectivity index (χ4n) is 3.67. The normalized spacial score (nSPS) is 17.7. The molecule has 7 nitrogen and oxygen atoms in total. The van der Waals surface area contributed by atoms with Crippen molar-refractivity contribution < 1.29 is 14.4 Å². The maximum atomic E-state index is 13.1. The van der Waals surface area contributed by atoms with Gasteiger partial charge in [-0.3, -0.25) is 19.4 Å². The monoisotopic (exact) mass is 408 g/mol. The molecule has 1 aliphatic rings. The Morgan fingerprint density at radius 2 is 1.93 bits per heavy atom. The lowest BCUT2D eigenvalue weighted by Gasteiger charge is -2.33. The average Bonchev–Trinajstić information content (AvgIpc) is 2.76. The van der Waals surface area contributed by atoms with Gasteiger partial charge in [0.05, 0.1) is 24.6 Å². The van der Waals surface area contributed by atoms with Crippen LogP contribution in [0, 0.1) is 6.92 Å².